The van der Waals surface area contributed by atoms with Crippen LogP contribution in [0.4, 0.5) is 6.01 Å². The molecule has 1 aromatic carbocycles. The SMILES string of the molecule is Cc1cc(C(=O)Nc2nnc(Cc3ccc(S(=O)(=O)C(C)C)cc3)o2)c(C)o1. The van der Waals surface area contributed by atoms with Gasteiger partial charge in [0.1, 0.15) is 11.5 Å². The zero-order chi connectivity index (χ0) is 20.5. The summed E-state index contributed by atoms with van der Waals surface area (Å²) in [7, 11) is -3.31. The van der Waals surface area contributed by atoms with Gasteiger partial charge in [-0.25, -0.2) is 8.42 Å². The van der Waals surface area contributed by atoms with Gasteiger partial charge in [-0.05, 0) is 51.5 Å². The molecule has 0 saturated carbocycles. The van der Waals surface area contributed by atoms with Crippen molar-refractivity contribution >= 4 is 21.8 Å². The molecule has 148 valence electrons. The molecule has 2 aromatic heterocycles. The lowest BCUT2D eigenvalue weighted by Crippen LogP contribution is -2.13. The van der Waals surface area contributed by atoms with E-state index in [1.807, 2.05) is 0 Å². The molecule has 0 fully saturated rings. The summed E-state index contributed by atoms with van der Waals surface area (Å²) < 4.78 is 35.1. The van der Waals surface area contributed by atoms with E-state index < -0.39 is 21.0 Å². The maximum atomic E-state index is 12.2. The number of hydrogen-bond donors (Lipinski definition) is 1. The zero-order valence-corrected chi connectivity index (χ0v) is 16.8. The van der Waals surface area contributed by atoms with Crippen molar-refractivity contribution in [3.05, 3.63) is 58.9 Å². The van der Waals surface area contributed by atoms with E-state index in [4.69, 9.17) is 8.83 Å². The summed E-state index contributed by atoms with van der Waals surface area (Å²) in [6, 6.07) is 8.15. The Morgan fingerprint density at radius 3 is 2.36 bits per heavy atom. The molecule has 1 N–H and O–H groups in total. The molecule has 0 atom stereocenters. The highest BCUT2D eigenvalue weighted by molar-refractivity contribution is 7.92. The molecular formula is C19H21N3O5S. The van der Waals surface area contributed by atoms with Crippen LogP contribution in [0.1, 0.15) is 47.2 Å². The van der Waals surface area contributed by atoms with Crippen LogP contribution >= 0.6 is 0 Å². The first-order valence-corrected chi connectivity index (χ1v) is 10.2. The minimum Gasteiger partial charge on any atom is -0.466 e. The Morgan fingerprint density at radius 1 is 1.11 bits per heavy atom. The topological polar surface area (TPSA) is 115 Å². The quantitative estimate of drug-likeness (QED) is 0.671. The Morgan fingerprint density at radius 2 is 1.79 bits per heavy atom. The molecule has 9 heteroatoms. The van der Waals surface area contributed by atoms with E-state index in [0.29, 0.717) is 29.4 Å². The molecule has 2 heterocycles. The number of aryl methyl sites for hydroxylation is 2. The fourth-order valence-corrected chi connectivity index (χ4v) is 3.70. The lowest BCUT2D eigenvalue weighted by atomic mass is 10.1. The summed E-state index contributed by atoms with van der Waals surface area (Å²) in [6.07, 6.45) is 0.314. The van der Waals surface area contributed by atoms with Gasteiger partial charge in [0.15, 0.2) is 9.84 Å². The molecule has 0 saturated heterocycles. The van der Waals surface area contributed by atoms with Crippen LogP contribution in [0, 0.1) is 13.8 Å². The van der Waals surface area contributed by atoms with Crippen LogP contribution in [0.25, 0.3) is 0 Å². The van der Waals surface area contributed by atoms with Gasteiger partial charge in [0.25, 0.3) is 5.91 Å². The van der Waals surface area contributed by atoms with Crippen molar-refractivity contribution in [3.8, 4) is 0 Å². The number of nitrogens with one attached hydrogen (secondary N) is 1. The molecule has 3 aromatic rings. The maximum absolute atomic E-state index is 12.2. The molecule has 0 aliphatic heterocycles. The summed E-state index contributed by atoms with van der Waals surface area (Å²) in [6.45, 7) is 6.74. The molecule has 28 heavy (non-hydrogen) atoms. The Kier molecular flexibility index (Phi) is 5.37. The number of carbonyl (C=O) groups is 1. The van der Waals surface area contributed by atoms with E-state index in [1.54, 1.807) is 58.0 Å². The normalized spacial score (nSPS) is 11.8. The molecule has 3 rings (SSSR count). The highest BCUT2D eigenvalue weighted by Gasteiger charge is 2.19. The third-order valence-corrected chi connectivity index (χ3v) is 6.37. The van der Waals surface area contributed by atoms with Crippen LogP contribution in [-0.2, 0) is 16.3 Å². The number of furan rings is 1. The van der Waals surface area contributed by atoms with Gasteiger partial charge >= 0.3 is 6.01 Å². The third-order valence-electron chi connectivity index (χ3n) is 4.20. The standard InChI is InChI=1S/C19H21N3O5S/c1-11(2)28(24,25)15-7-5-14(6-8-15)10-17-21-22-19(27-17)20-18(23)16-9-12(3)26-13(16)4/h5-9,11H,10H2,1-4H3,(H,20,22,23). The minimum atomic E-state index is -3.31. The predicted octanol–water partition coefficient (Wildman–Crippen LogP) is 3.30. The zero-order valence-electron chi connectivity index (χ0n) is 16.0. The highest BCUT2D eigenvalue weighted by Crippen LogP contribution is 2.19. The Hall–Kier alpha value is -2.94. The second-order valence-electron chi connectivity index (χ2n) is 6.70. The summed E-state index contributed by atoms with van der Waals surface area (Å²) in [5, 5.41) is 9.79. The van der Waals surface area contributed by atoms with Gasteiger partial charge in [-0.15, -0.1) is 5.10 Å². The predicted molar refractivity (Wildman–Crippen MR) is 102 cm³/mol. The number of benzene rings is 1. The van der Waals surface area contributed by atoms with Crippen LogP contribution < -0.4 is 5.32 Å². The van der Waals surface area contributed by atoms with Gasteiger partial charge in [0.05, 0.1) is 22.1 Å². The second-order valence-corrected chi connectivity index (χ2v) is 9.20. The number of carbonyl (C=O) groups excluding carboxylic acids is 1. The molecular weight excluding hydrogens is 382 g/mol. The second kappa shape index (κ2) is 7.59. The number of amides is 1. The highest BCUT2D eigenvalue weighted by atomic mass is 32.2. The number of aromatic nitrogens is 2. The number of nitrogens with zero attached hydrogens (tertiary/aromatic N) is 2. The van der Waals surface area contributed by atoms with Crippen molar-refractivity contribution < 1.29 is 22.0 Å². The first-order valence-electron chi connectivity index (χ1n) is 8.70. The van der Waals surface area contributed by atoms with Gasteiger partial charge in [-0.2, -0.15) is 0 Å². The molecule has 0 aliphatic carbocycles. The lowest BCUT2D eigenvalue weighted by Gasteiger charge is -2.08. The number of sulfone groups is 1. The lowest BCUT2D eigenvalue weighted by molar-refractivity contribution is 0.102. The van der Waals surface area contributed by atoms with Gasteiger partial charge in [-0.1, -0.05) is 17.2 Å². The van der Waals surface area contributed by atoms with E-state index in [-0.39, 0.29) is 10.9 Å². The van der Waals surface area contributed by atoms with Crippen LogP contribution in [0.15, 0.2) is 44.1 Å². The van der Waals surface area contributed by atoms with Crippen LogP contribution in [0.5, 0.6) is 0 Å². The van der Waals surface area contributed by atoms with Crippen molar-refractivity contribution in [3.63, 3.8) is 0 Å². The van der Waals surface area contributed by atoms with E-state index in [0.717, 1.165) is 5.56 Å². The van der Waals surface area contributed by atoms with Crippen molar-refractivity contribution in [2.24, 2.45) is 0 Å². The molecule has 0 aliphatic rings. The van der Waals surface area contributed by atoms with E-state index in [2.05, 4.69) is 15.5 Å². The molecule has 1 amide bonds. The van der Waals surface area contributed by atoms with Gasteiger partial charge < -0.3 is 8.83 Å². The van der Waals surface area contributed by atoms with Crippen LogP contribution in [0.2, 0.25) is 0 Å². The monoisotopic (exact) mass is 403 g/mol. The number of hydrogen-bond acceptors (Lipinski definition) is 7. The maximum Gasteiger partial charge on any atom is 0.322 e. The average molecular weight is 403 g/mol. The third kappa shape index (κ3) is 4.14. The molecule has 0 radical (unpaired) electrons. The van der Waals surface area contributed by atoms with Crippen molar-refractivity contribution in [1.82, 2.24) is 10.2 Å². The van der Waals surface area contributed by atoms with Gasteiger partial charge in [0, 0.05) is 0 Å². The van der Waals surface area contributed by atoms with Crippen molar-refractivity contribution in [2.75, 3.05) is 5.32 Å². The molecule has 0 unspecified atom stereocenters. The first-order chi connectivity index (χ1) is 13.2. The summed E-state index contributed by atoms with van der Waals surface area (Å²) in [5.74, 6) is 1.05. The van der Waals surface area contributed by atoms with E-state index in [9.17, 15) is 13.2 Å². The molecule has 0 spiro atoms. The summed E-state index contributed by atoms with van der Waals surface area (Å²) in [5.41, 5.74) is 1.21. The first kappa shape index (κ1) is 19.8. The minimum absolute atomic E-state index is 0.0164. The summed E-state index contributed by atoms with van der Waals surface area (Å²) >= 11 is 0. The molecule has 0 bridgehead atoms. The summed E-state index contributed by atoms with van der Waals surface area (Å²) in [4.78, 5) is 12.5. The Bertz CT molecular complexity index is 1100. The van der Waals surface area contributed by atoms with Crippen LogP contribution in [0.3, 0.4) is 0 Å². The van der Waals surface area contributed by atoms with E-state index >= 15 is 0 Å². The number of anilines is 1. The van der Waals surface area contributed by atoms with Gasteiger partial charge in [-0.3, -0.25) is 10.1 Å². The largest absolute Gasteiger partial charge is 0.466 e. The fraction of sp³-hybridized carbons (Fsp3) is 0.316. The average Bonchev–Trinajstić information content (AvgIpc) is 3.20. The van der Waals surface area contributed by atoms with Crippen LogP contribution in [-0.4, -0.2) is 29.8 Å². The number of rotatable bonds is 6. The molecule has 8 nitrogen and oxygen atoms in total. The van der Waals surface area contributed by atoms with Crippen molar-refractivity contribution in [1.29, 1.82) is 0 Å². The van der Waals surface area contributed by atoms with Crippen molar-refractivity contribution in [2.45, 2.75) is 44.3 Å². The Labute approximate surface area is 162 Å². The van der Waals surface area contributed by atoms with Gasteiger partial charge in [0.2, 0.25) is 5.89 Å². The smallest absolute Gasteiger partial charge is 0.322 e. The van der Waals surface area contributed by atoms with E-state index in [1.165, 1.54) is 0 Å². The fourth-order valence-electron chi connectivity index (χ4n) is 2.64. The Balaban J connectivity index is 1.68.